The van der Waals surface area contributed by atoms with Gasteiger partial charge in [0.2, 0.25) is 10.0 Å². The summed E-state index contributed by atoms with van der Waals surface area (Å²) >= 11 is 0. The first-order valence-corrected chi connectivity index (χ1v) is 9.64. The molecule has 1 heterocycles. The van der Waals surface area contributed by atoms with Crippen molar-refractivity contribution in [3.63, 3.8) is 0 Å². The summed E-state index contributed by atoms with van der Waals surface area (Å²) in [6.45, 7) is 4.78. The molecule has 134 valence electrons. The Morgan fingerprint density at radius 2 is 1.84 bits per heavy atom. The molecule has 0 aliphatic carbocycles. The normalized spacial score (nSPS) is 11.5. The molecule has 1 aromatic heterocycles. The van der Waals surface area contributed by atoms with Gasteiger partial charge in [0.1, 0.15) is 0 Å². The van der Waals surface area contributed by atoms with Crippen LogP contribution in [0.15, 0.2) is 53.6 Å². The van der Waals surface area contributed by atoms with Crippen LogP contribution in [-0.4, -0.2) is 25.9 Å². The Hall–Kier alpha value is -2.25. The molecule has 2 rings (SSSR count). The van der Waals surface area contributed by atoms with Gasteiger partial charge in [0.25, 0.3) is 5.91 Å². The molecule has 0 fully saturated rings. The van der Waals surface area contributed by atoms with E-state index < -0.39 is 10.0 Å². The maximum atomic E-state index is 12.2. The third-order valence-electron chi connectivity index (χ3n) is 3.60. The van der Waals surface area contributed by atoms with E-state index in [1.54, 1.807) is 12.3 Å². The van der Waals surface area contributed by atoms with Crippen molar-refractivity contribution in [1.82, 2.24) is 15.0 Å². The second kappa shape index (κ2) is 8.73. The Balaban J connectivity index is 1.95. The van der Waals surface area contributed by atoms with Crippen LogP contribution in [0.25, 0.3) is 0 Å². The SMILES string of the molecule is CC(C)CCNS(=O)(=O)c1ccc(C(=O)NCc2ccccn2)cc1. The topological polar surface area (TPSA) is 88.2 Å². The van der Waals surface area contributed by atoms with Crippen molar-refractivity contribution in [3.8, 4) is 0 Å². The zero-order valence-corrected chi connectivity index (χ0v) is 15.2. The molecule has 0 aliphatic heterocycles. The fraction of sp³-hybridized carbons (Fsp3) is 0.333. The van der Waals surface area contributed by atoms with E-state index in [9.17, 15) is 13.2 Å². The third kappa shape index (κ3) is 5.95. The number of nitrogens with zero attached hydrogens (tertiary/aromatic N) is 1. The smallest absolute Gasteiger partial charge is 0.251 e. The molecule has 0 spiro atoms. The number of pyridine rings is 1. The van der Waals surface area contributed by atoms with Gasteiger partial charge in [-0.2, -0.15) is 0 Å². The lowest BCUT2D eigenvalue weighted by atomic mass is 10.1. The van der Waals surface area contributed by atoms with Gasteiger partial charge in [-0.1, -0.05) is 19.9 Å². The minimum absolute atomic E-state index is 0.150. The van der Waals surface area contributed by atoms with Crippen molar-refractivity contribution in [2.24, 2.45) is 5.92 Å². The molecule has 0 bridgehead atoms. The zero-order valence-electron chi connectivity index (χ0n) is 14.4. The van der Waals surface area contributed by atoms with Gasteiger partial charge in [-0.3, -0.25) is 9.78 Å². The quantitative estimate of drug-likeness (QED) is 0.755. The molecule has 1 amide bonds. The van der Waals surface area contributed by atoms with Crippen molar-refractivity contribution < 1.29 is 13.2 Å². The van der Waals surface area contributed by atoms with Gasteiger partial charge in [-0.15, -0.1) is 0 Å². The first-order valence-electron chi connectivity index (χ1n) is 8.16. The Bertz CT molecular complexity index is 788. The Morgan fingerprint density at radius 3 is 2.44 bits per heavy atom. The molecule has 1 aromatic carbocycles. The highest BCUT2D eigenvalue weighted by Gasteiger charge is 2.14. The summed E-state index contributed by atoms with van der Waals surface area (Å²) in [7, 11) is -3.55. The minimum Gasteiger partial charge on any atom is -0.346 e. The van der Waals surface area contributed by atoms with Crippen LogP contribution in [0.5, 0.6) is 0 Å². The number of hydrogen-bond acceptors (Lipinski definition) is 4. The van der Waals surface area contributed by atoms with Crippen LogP contribution in [0.1, 0.15) is 36.3 Å². The number of hydrogen-bond donors (Lipinski definition) is 2. The van der Waals surface area contributed by atoms with Gasteiger partial charge >= 0.3 is 0 Å². The van der Waals surface area contributed by atoms with Gasteiger partial charge in [0.05, 0.1) is 17.1 Å². The Morgan fingerprint density at radius 1 is 1.12 bits per heavy atom. The lowest BCUT2D eigenvalue weighted by Crippen LogP contribution is -2.26. The molecule has 0 unspecified atom stereocenters. The van der Waals surface area contributed by atoms with Crippen molar-refractivity contribution >= 4 is 15.9 Å². The van der Waals surface area contributed by atoms with Crippen LogP contribution >= 0.6 is 0 Å². The Labute approximate surface area is 148 Å². The lowest BCUT2D eigenvalue weighted by Gasteiger charge is -2.09. The highest BCUT2D eigenvalue weighted by molar-refractivity contribution is 7.89. The zero-order chi connectivity index (χ0) is 18.3. The highest BCUT2D eigenvalue weighted by atomic mass is 32.2. The largest absolute Gasteiger partial charge is 0.346 e. The molecule has 0 saturated carbocycles. The molecule has 7 heteroatoms. The summed E-state index contributed by atoms with van der Waals surface area (Å²) < 4.78 is 26.9. The van der Waals surface area contributed by atoms with Crippen molar-refractivity contribution in [1.29, 1.82) is 0 Å². The molecular weight excluding hydrogens is 338 g/mol. The van der Waals surface area contributed by atoms with E-state index in [1.807, 2.05) is 26.0 Å². The summed E-state index contributed by atoms with van der Waals surface area (Å²) in [4.78, 5) is 16.4. The van der Waals surface area contributed by atoms with Crippen LogP contribution < -0.4 is 10.0 Å². The molecule has 2 N–H and O–H groups in total. The van der Waals surface area contributed by atoms with Crippen LogP contribution in [0.2, 0.25) is 0 Å². The fourth-order valence-electron chi connectivity index (χ4n) is 2.13. The van der Waals surface area contributed by atoms with Crippen LogP contribution in [0.3, 0.4) is 0 Å². The van der Waals surface area contributed by atoms with E-state index >= 15 is 0 Å². The third-order valence-corrected chi connectivity index (χ3v) is 5.07. The summed E-state index contributed by atoms with van der Waals surface area (Å²) in [5, 5.41) is 2.75. The van der Waals surface area contributed by atoms with Crippen molar-refractivity contribution in [2.45, 2.75) is 31.7 Å². The number of carbonyl (C=O) groups is 1. The predicted molar refractivity (Wildman–Crippen MR) is 96.5 cm³/mol. The van der Waals surface area contributed by atoms with E-state index in [0.717, 1.165) is 12.1 Å². The van der Waals surface area contributed by atoms with Gasteiger partial charge in [0, 0.05) is 18.3 Å². The average Bonchev–Trinajstić information content (AvgIpc) is 2.60. The maximum absolute atomic E-state index is 12.2. The second-order valence-electron chi connectivity index (χ2n) is 6.11. The summed E-state index contributed by atoms with van der Waals surface area (Å²) in [5.74, 6) is 0.148. The van der Waals surface area contributed by atoms with Gasteiger partial charge in [-0.25, -0.2) is 13.1 Å². The number of carbonyl (C=O) groups excluding carboxylic acids is 1. The van der Waals surface area contributed by atoms with Gasteiger partial charge < -0.3 is 5.32 Å². The number of amides is 1. The van der Waals surface area contributed by atoms with E-state index in [-0.39, 0.29) is 10.8 Å². The first-order chi connectivity index (χ1) is 11.9. The molecule has 6 nitrogen and oxygen atoms in total. The summed E-state index contributed by atoms with van der Waals surface area (Å²) in [6.07, 6.45) is 2.43. The molecule has 0 aliphatic rings. The maximum Gasteiger partial charge on any atom is 0.251 e. The monoisotopic (exact) mass is 361 g/mol. The molecule has 2 aromatic rings. The van der Waals surface area contributed by atoms with E-state index in [0.29, 0.717) is 24.6 Å². The van der Waals surface area contributed by atoms with Crippen LogP contribution in [0, 0.1) is 5.92 Å². The molecular formula is C18H23N3O3S. The van der Waals surface area contributed by atoms with E-state index in [2.05, 4.69) is 15.0 Å². The number of sulfonamides is 1. The standard InChI is InChI=1S/C18H23N3O3S/c1-14(2)10-12-21-25(23,24)17-8-6-15(7-9-17)18(22)20-13-16-5-3-4-11-19-16/h3-9,11,14,21H,10,12-13H2,1-2H3,(H,20,22). The average molecular weight is 361 g/mol. The van der Waals surface area contributed by atoms with Crippen molar-refractivity contribution in [2.75, 3.05) is 6.54 Å². The van der Waals surface area contributed by atoms with Crippen LogP contribution in [0.4, 0.5) is 0 Å². The number of benzene rings is 1. The molecule has 0 atom stereocenters. The van der Waals surface area contributed by atoms with Crippen LogP contribution in [-0.2, 0) is 16.6 Å². The number of rotatable bonds is 8. The second-order valence-corrected chi connectivity index (χ2v) is 7.88. The fourth-order valence-corrected chi connectivity index (χ4v) is 3.17. The predicted octanol–water partition coefficient (Wildman–Crippen LogP) is 2.34. The number of aromatic nitrogens is 1. The summed E-state index contributed by atoms with van der Waals surface area (Å²) in [6, 6.07) is 11.4. The van der Waals surface area contributed by atoms with Gasteiger partial charge in [-0.05, 0) is 48.7 Å². The number of nitrogens with one attached hydrogen (secondary N) is 2. The minimum atomic E-state index is -3.55. The molecule has 0 radical (unpaired) electrons. The van der Waals surface area contributed by atoms with Crippen molar-refractivity contribution in [3.05, 3.63) is 59.9 Å². The first kappa shape index (κ1) is 19.1. The molecule has 25 heavy (non-hydrogen) atoms. The van der Waals surface area contributed by atoms with Gasteiger partial charge in [0.15, 0.2) is 0 Å². The van der Waals surface area contributed by atoms with E-state index in [4.69, 9.17) is 0 Å². The Kier molecular flexibility index (Phi) is 6.66. The molecule has 0 saturated heterocycles. The lowest BCUT2D eigenvalue weighted by molar-refractivity contribution is 0.0950. The van der Waals surface area contributed by atoms with E-state index in [1.165, 1.54) is 24.3 Å². The highest BCUT2D eigenvalue weighted by Crippen LogP contribution is 2.11. The summed E-state index contributed by atoms with van der Waals surface area (Å²) in [5.41, 5.74) is 1.15.